The van der Waals surface area contributed by atoms with E-state index in [-0.39, 0.29) is 11.2 Å². The number of thiazole rings is 1. The average Bonchev–Trinajstić information content (AvgIpc) is 3.33. The van der Waals surface area contributed by atoms with Gasteiger partial charge in [0.05, 0.1) is 12.4 Å². The van der Waals surface area contributed by atoms with Crippen molar-refractivity contribution in [1.82, 2.24) is 19.7 Å². The summed E-state index contributed by atoms with van der Waals surface area (Å²) in [7, 11) is 1.63. The van der Waals surface area contributed by atoms with E-state index >= 15 is 0 Å². The van der Waals surface area contributed by atoms with E-state index in [4.69, 9.17) is 4.74 Å². The van der Waals surface area contributed by atoms with Crippen LogP contribution in [0.3, 0.4) is 0 Å². The van der Waals surface area contributed by atoms with Gasteiger partial charge >= 0.3 is 0 Å². The Hall–Kier alpha value is -2.65. The molecule has 140 valence electrons. The number of rotatable bonds is 8. The zero-order valence-electron chi connectivity index (χ0n) is 15.0. The Labute approximate surface area is 165 Å². The first kappa shape index (κ1) is 19.1. The molecule has 0 bridgehead atoms. The number of anilines is 1. The quantitative estimate of drug-likeness (QED) is 0.458. The van der Waals surface area contributed by atoms with Crippen LogP contribution in [0.4, 0.5) is 5.13 Å². The first-order valence-electron chi connectivity index (χ1n) is 8.18. The molecular formula is C18H19N5O2S2. The summed E-state index contributed by atoms with van der Waals surface area (Å²) >= 11 is 2.73. The SMILES string of the molecule is C=CCn1c(S[C@H](C)C(=O)Nc2nccs2)nnc1-c1ccc(OC)cc1. The Morgan fingerprint density at radius 3 is 2.81 bits per heavy atom. The highest BCUT2D eigenvalue weighted by Crippen LogP contribution is 2.28. The standard InChI is InChI=1S/C18H19N5O2S2/c1-4-10-23-15(13-5-7-14(25-3)8-6-13)21-22-18(23)27-12(2)16(24)20-17-19-9-11-26-17/h4-9,11-12H,1,10H2,2-3H3,(H,19,20,24)/t12-/m1/s1. The third-order valence-electron chi connectivity index (χ3n) is 3.69. The summed E-state index contributed by atoms with van der Waals surface area (Å²) in [6.07, 6.45) is 3.43. The van der Waals surface area contributed by atoms with Crippen molar-refractivity contribution in [2.75, 3.05) is 12.4 Å². The zero-order chi connectivity index (χ0) is 19.2. The monoisotopic (exact) mass is 401 g/mol. The molecule has 2 heterocycles. The highest BCUT2D eigenvalue weighted by molar-refractivity contribution is 8.00. The van der Waals surface area contributed by atoms with E-state index in [9.17, 15) is 4.79 Å². The summed E-state index contributed by atoms with van der Waals surface area (Å²) in [6.45, 7) is 6.18. The molecule has 9 heteroatoms. The third kappa shape index (κ3) is 4.55. The van der Waals surface area contributed by atoms with Gasteiger partial charge in [-0.3, -0.25) is 9.36 Å². The lowest BCUT2D eigenvalue weighted by Gasteiger charge is -2.12. The number of amides is 1. The van der Waals surface area contributed by atoms with Gasteiger partial charge in [-0.15, -0.1) is 28.1 Å². The van der Waals surface area contributed by atoms with Gasteiger partial charge in [0.2, 0.25) is 5.91 Å². The summed E-state index contributed by atoms with van der Waals surface area (Å²) in [4.78, 5) is 16.4. The van der Waals surface area contributed by atoms with E-state index in [1.165, 1.54) is 23.1 Å². The fraction of sp³-hybridized carbons (Fsp3) is 0.222. The molecule has 0 aliphatic carbocycles. The number of hydrogen-bond acceptors (Lipinski definition) is 7. The van der Waals surface area contributed by atoms with Gasteiger partial charge in [-0.25, -0.2) is 4.98 Å². The maximum absolute atomic E-state index is 12.4. The second-order valence-electron chi connectivity index (χ2n) is 5.52. The molecule has 1 atom stereocenters. The van der Waals surface area contributed by atoms with Crippen molar-refractivity contribution in [3.8, 4) is 17.1 Å². The van der Waals surface area contributed by atoms with Gasteiger partial charge in [-0.2, -0.15) is 0 Å². The summed E-state index contributed by atoms with van der Waals surface area (Å²) in [5, 5.41) is 14.1. The number of benzene rings is 1. The predicted octanol–water partition coefficient (Wildman–Crippen LogP) is 3.72. The highest BCUT2D eigenvalue weighted by atomic mass is 32.2. The molecule has 0 fully saturated rings. The van der Waals surface area contributed by atoms with Crippen molar-refractivity contribution >= 4 is 34.1 Å². The zero-order valence-corrected chi connectivity index (χ0v) is 16.6. The molecule has 0 radical (unpaired) electrons. The normalized spacial score (nSPS) is 11.8. The molecule has 0 spiro atoms. The number of hydrogen-bond donors (Lipinski definition) is 1. The molecule has 1 N–H and O–H groups in total. The minimum Gasteiger partial charge on any atom is -0.497 e. The molecule has 1 amide bonds. The Morgan fingerprint density at radius 2 is 2.19 bits per heavy atom. The largest absolute Gasteiger partial charge is 0.497 e. The third-order valence-corrected chi connectivity index (χ3v) is 5.46. The number of aromatic nitrogens is 4. The minimum atomic E-state index is -0.356. The van der Waals surface area contributed by atoms with Gasteiger partial charge in [-0.1, -0.05) is 17.8 Å². The molecule has 7 nitrogen and oxygen atoms in total. The van der Waals surface area contributed by atoms with E-state index in [1.54, 1.807) is 19.4 Å². The number of thioether (sulfide) groups is 1. The topological polar surface area (TPSA) is 81.9 Å². The smallest absolute Gasteiger partial charge is 0.239 e. The van der Waals surface area contributed by atoms with E-state index in [0.29, 0.717) is 22.7 Å². The molecule has 2 aromatic heterocycles. The van der Waals surface area contributed by atoms with Crippen LogP contribution in [0.5, 0.6) is 5.75 Å². The minimum absolute atomic E-state index is 0.130. The second-order valence-corrected chi connectivity index (χ2v) is 7.72. The van der Waals surface area contributed by atoms with Crippen LogP contribution >= 0.6 is 23.1 Å². The van der Waals surface area contributed by atoms with Crippen molar-refractivity contribution in [1.29, 1.82) is 0 Å². The van der Waals surface area contributed by atoms with E-state index in [0.717, 1.165) is 11.3 Å². The van der Waals surface area contributed by atoms with Gasteiger partial charge in [0.25, 0.3) is 0 Å². The number of methoxy groups -OCH3 is 1. The number of carbonyl (C=O) groups excluding carboxylic acids is 1. The highest BCUT2D eigenvalue weighted by Gasteiger charge is 2.21. The van der Waals surface area contributed by atoms with Crippen LogP contribution in [-0.4, -0.2) is 38.0 Å². The maximum Gasteiger partial charge on any atom is 0.239 e. The van der Waals surface area contributed by atoms with Gasteiger partial charge in [0.1, 0.15) is 5.75 Å². The molecule has 0 aliphatic heterocycles. The first-order chi connectivity index (χ1) is 13.1. The molecule has 27 heavy (non-hydrogen) atoms. The summed E-state index contributed by atoms with van der Waals surface area (Å²) in [5.74, 6) is 1.36. The van der Waals surface area contributed by atoms with Gasteiger partial charge in [0.15, 0.2) is 16.1 Å². The van der Waals surface area contributed by atoms with Gasteiger partial charge < -0.3 is 10.1 Å². The van der Waals surface area contributed by atoms with E-state index < -0.39 is 0 Å². The molecule has 3 rings (SSSR count). The second kappa shape index (κ2) is 8.83. The Bertz CT molecular complexity index is 906. The van der Waals surface area contributed by atoms with Crippen LogP contribution in [0.15, 0.2) is 53.7 Å². The van der Waals surface area contributed by atoms with Crippen LogP contribution in [0.25, 0.3) is 11.4 Å². The Morgan fingerprint density at radius 1 is 1.41 bits per heavy atom. The lowest BCUT2D eigenvalue weighted by atomic mass is 10.2. The number of allylic oxidation sites excluding steroid dienone is 1. The fourth-order valence-electron chi connectivity index (χ4n) is 2.33. The Kier molecular flexibility index (Phi) is 6.25. The van der Waals surface area contributed by atoms with E-state index in [1.807, 2.05) is 41.1 Å². The van der Waals surface area contributed by atoms with Crippen molar-refractivity contribution in [3.05, 3.63) is 48.5 Å². The molecule has 3 aromatic rings. The molecule has 0 unspecified atom stereocenters. The maximum atomic E-state index is 12.4. The Balaban J connectivity index is 1.79. The van der Waals surface area contributed by atoms with Crippen molar-refractivity contribution in [3.63, 3.8) is 0 Å². The number of nitrogens with one attached hydrogen (secondary N) is 1. The van der Waals surface area contributed by atoms with Crippen LogP contribution in [0.2, 0.25) is 0 Å². The number of nitrogens with zero attached hydrogens (tertiary/aromatic N) is 4. The lowest BCUT2D eigenvalue weighted by molar-refractivity contribution is -0.115. The molecule has 0 saturated heterocycles. The molecule has 0 saturated carbocycles. The van der Waals surface area contributed by atoms with Crippen LogP contribution in [-0.2, 0) is 11.3 Å². The molecule has 0 aliphatic rings. The van der Waals surface area contributed by atoms with Gasteiger partial charge in [-0.05, 0) is 31.2 Å². The summed E-state index contributed by atoms with van der Waals surface area (Å²) in [6, 6.07) is 7.60. The van der Waals surface area contributed by atoms with Crippen molar-refractivity contribution in [2.45, 2.75) is 23.9 Å². The lowest BCUT2D eigenvalue weighted by Crippen LogP contribution is -2.22. The number of ether oxygens (including phenoxy) is 1. The van der Waals surface area contributed by atoms with E-state index in [2.05, 4.69) is 27.1 Å². The van der Waals surface area contributed by atoms with Crippen LogP contribution in [0.1, 0.15) is 6.92 Å². The number of carbonyl (C=O) groups is 1. The average molecular weight is 402 g/mol. The van der Waals surface area contributed by atoms with Gasteiger partial charge in [0, 0.05) is 23.7 Å². The van der Waals surface area contributed by atoms with Crippen LogP contribution in [0, 0.1) is 0 Å². The summed E-state index contributed by atoms with van der Waals surface area (Å²) < 4.78 is 7.14. The fourth-order valence-corrected chi connectivity index (χ4v) is 3.72. The first-order valence-corrected chi connectivity index (χ1v) is 9.94. The summed E-state index contributed by atoms with van der Waals surface area (Å²) in [5.41, 5.74) is 0.914. The molecule has 1 aromatic carbocycles. The molecular weight excluding hydrogens is 382 g/mol. The predicted molar refractivity (Wildman–Crippen MR) is 108 cm³/mol. The van der Waals surface area contributed by atoms with Crippen molar-refractivity contribution in [2.24, 2.45) is 0 Å². The van der Waals surface area contributed by atoms with Crippen LogP contribution < -0.4 is 10.1 Å². The van der Waals surface area contributed by atoms with Crippen molar-refractivity contribution < 1.29 is 9.53 Å².